The molecule has 3 aliphatic heterocycles. The van der Waals surface area contributed by atoms with Crippen molar-refractivity contribution in [2.24, 2.45) is 10.4 Å². The van der Waals surface area contributed by atoms with Gasteiger partial charge in [-0.15, -0.1) is 0 Å². The summed E-state index contributed by atoms with van der Waals surface area (Å²) in [4.78, 5) is 24.3. The number of fused-ring (bicyclic) bond motifs is 3. The second-order valence-electron chi connectivity index (χ2n) is 11.3. The zero-order valence-corrected chi connectivity index (χ0v) is 21.7. The summed E-state index contributed by atoms with van der Waals surface area (Å²) in [5.74, 6) is 1.41. The highest BCUT2D eigenvalue weighted by molar-refractivity contribution is 5.84. The number of aromatic nitrogens is 3. The highest BCUT2D eigenvalue weighted by Gasteiger charge is 2.43. The van der Waals surface area contributed by atoms with Crippen molar-refractivity contribution in [1.82, 2.24) is 19.9 Å². The van der Waals surface area contributed by atoms with Gasteiger partial charge in [-0.25, -0.2) is 15.0 Å². The third-order valence-corrected chi connectivity index (χ3v) is 9.20. The minimum Gasteiger partial charge on any atom is -0.379 e. The van der Waals surface area contributed by atoms with Crippen LogP contribution in [-0.4, -0.2) is 71.5 Å². The van der Waals surface area contributed by atoms with E-state index < -0.39 is 0 Å². The Morgan fingerprint density at radius 1 is 0.946 bits per heavy atom. The van der Waals surface area contributed by atoms with Crippen molar-refractivity contribution in [2.45, 2.75) is 63.8 Å². The first-order valence-electron chi connectivity index (χ1n) is 14.2. The van der Waals surface area contributed by atoms with E-state index in [1.807, 2.05) is 12.4 Å². The molecule has 3 fully saturated rings. The molecular weight excluding hydrogens is 462 g/mol. The van der Waals surface area contributed by atoms with Crippen LogP contribution in [0.15, 0.2) is 35.2 Å². The summed E-state index contributed by atoms with van der Waals surface area (Å²) in [5.41, 5.74) is 6.36. The van der Waals surface area contributed by atoms with Crippen LogP contribution in [0.25, 0.3) is 5.57 Å². The molecule has 1 spiro atoms. The minimum absolute atomic E-state index is 0.224. The normalized spacial score (nSPS) is 23.8. The molecule has 2 saturated heterocycles. The summed E-state index contributed by atoms with van der Waals surface area (Å²) in [7, 11) is 0. The molecule has 0 aromatic carbocycles. The quantitative estimate of drug-likeness (QED) is 0.658. The van der Waals surface area contributed by atoms with Gasteiger partial charge in [-0.05, 0) is 44.2 Å². The Bertz CT molecular complexity index is 1190. The van der Waals surface area contributed by atoms with Gasteiger partial charge >= 0.3 is 0 Å². The molecule has 2 aliphatic carbocycles. The fraction of sp³-hybridized carbons (Fsp3) is 0.586. The SMILES string of the molecule is C1=NC2=C(c3nc(Nc4ccc(N5CCC(N6CCOCC6)CC5)cn4)ncc3C2)C2(C1)CCCCC2. The van der Waals surface area contributed by atoms with Gasteiger partial charge in [0.15, 0.2) is 0 Å². The largest absolute Gasteiger partial charge is 0.379 e. The van der Waals surface area contributed by atoms with E-state index in [-0.39, 0.29) is 5.41 Å². The van der Waals surface area contributed by atoms with E-state index in [4.69, 9.17) is 19.7 Å². The van der Waals surface area contributed by atoms with E-state index >= 15 is 0 Å². The first kappa shape index (κ1) is 23.3. The van der Waals surface area contributed by atoms with Crippen molar-refractivity contribution in [3.8, 4) is 0 Å². The number of nitrogens with one attached hydrogen (secondary N) is 1. The van der Waals surface area contributed by atoms with Crippen molar-refractivity contribution >= 4 is 29.2 Å². The molecule has 0 bridgehead atoms. The highest BCUT2D eigenvalue weighted by atomic mass is 16.5. The summed E-state index contributed by atoms with van der Waals surface area (Å²) in [5, 5.41) is 3.37. The molecule has 0 radical (unpaired) electrons. The Hall–Kier alpha value is -2.84. The smallest absolute Gasteiger partial charge is 0.228 e. The standard InChI is InChI=1S/C29H37N7O/c1-2-8-29(9-3-1)10-11-30-24-18-21-19-32-28(34-27(21)26(24)29)33-25-5-4-23(20-31-25)35-12-6-22(7-13-35)36-14-16-37-17-15-36/h4-5,11,19-20,22H,1-3,6-10,12-18H2,(H,31,32,33,34). The minimum atomic E-state index is 0.224. The molecule has 8 nitrogen and oxygen atoms in total. The van der Waals surface area contributed by atoms with Crippen molar-refractivity contribution in [3.63, 3.8) is 0 Å². The Balaban J connectivity index is 1.03. The maximum atomic E-state index is 5.52. The van der Waals surface area contributed by atoms with Gasteiger partial charge in [0.2, 0.25) is 5.95 Å². The fourth-order valence-electron chi connectivity index (χ4n) is 7.19. The lowest BCUT2D eigenvalue weighted by Crippen LogP contribution is -2.49. The van der Waals surface area contributed by atoms with E-state index in [0.717, 1.165) is 63.7 Å². The number of morpholine rings is 1. The van der Waals surface area contributed by atoms with Crippen molar-refractivity contribution in [1.29, 1.82) is 0 Å². The Kier molecular flexibility index (Phi) is 6.17. The first-order valence-corrected chi connectivity index (χ1v) is 14.2. The van der Waals surface area contributed by atoms with E-state index in [1.54, 1.807) is 0 Å². The predicted octanol–water partition coefficient (Wildman–Crippen LogP) is 4.61. The van der Waals surface area contributed by atoms with Crippen LogP contribution < -0.4 is 10.2 Å². The maximum Gasteiger partial charge on any atom is 0.228 e. The van der Waals surface area contributed by atoms with Crippen LogP contribution in [0.1, 0.15) is 62.6 Å². The Morgan fingerprint density at radius 2 is 1.78 bits per heavy atom. The molecule has 194 valence electrons. The second kappa shape index (κ2) is 9.80. The zero-order valence-electron chi connectivity index (χ0n) is 21.7. The van der Waals surface area contributed by atoms with Gasteiger partial charge in [-0.1, -0.05) is 19.3 Å². The number of ether oxygens (including phenoxy) is 1. The molecule has 2 aromatic rings. The van der Waals surface area contributed by atoms with Gasteiger partial charge < -0.3 is 15.0 Å². The third kappa shape index (κ3) is 4.44. The van der Waals surface area contributed by atoms with Crippen LogP contribution in [0.4, 0.5) is 17.5 Å². The van der Waals surface area contributed by atoms with E-state index in [9.17, 15) is 0 Å². The molecule has 0 unspecified atom stereocenters. The van der Waals surface area contributed by atoms with Crippen molar-refractivity contribution < 1.29 is 4.74 Å². The lowest BCUT2D eigenvalue weighted by atomic mass is 9.65. The van der Waals surface area contributed by atoms with Crippen LogP contribution >= 0.6 is 0 Å². The van der Waals surface area contributed by atoms with Crippen LogP contribution in [0.5, 0.6) is 0 Å². The van der Waals surface area contributed by atoms with Gasteiger partial charge in [-0.3, -0.25) is 9.89 Å². The molecule has 0 amide bonds. The van der Waals surface area contributed by atoms with Crippen LogP contribution in [-0.2, 0) is 11.2 Å². The fourth-order valence-corrected chi connectivity index (χ4v) is 7.19. The molecule has 37 heavy (non-hydrogen) atoms. The number of hydrogen-bond donors (Lipinski definition) is 1. The second-order valence-corrected chi connectivity index (χ2v) is 11.3. The Morgan fingerprint density at radius 3 is 2.57 bits per heavy atom. The van der Waals surface area contributed by atoms with Crippen LogP contribution in [0.3, 0.4) is 0 Å². The summed E-state index contributed by atoms with van der Waals surface area (Å²) in [6.07, 6.45) is 16.9. The number of piperidine rings is 1. The Labute approximate surface area is 219 Å². The van der Waals surface area contributed by atoms with Crippen LogP contribution in [0.2, 0.25) is 0 Å². The number of rotatable bonds is 4. The molecular formula is C29H37N7O. The predicted molar refractivity (Wildman–Crippen MR) is 146 cm³/mol. The summed E-state index contributed by atoms with van der Waals surface area (Å²) in [6.45, 7) is 6.05. The van der Waals surface area contributed by atoms with Gasteiger partial charge in [-0.2, -0.15) is 0 Å². The summed E-state index contributed by atoms with van der Waals surface area (Å²) in [6, 6.07) is 4.91. The lowest BCUT2D eigenvalue weighted by molar-refractivity contribution is 0.0115. The lowest BCUT2D eigenvalue weighted by Gasteiger charge is -2.40. The number of pyridine rings is 1. The maximum absolute atomic E-state index is 5.52. The molecule has 1 saturated carbocycles. The molecule has 1 N–H and O–H groups in total. The average molecular weight is 500 g/mol. The molecule has 5 heterocycles. The molecule has 5 aliphatic rings. The van der Waals surface area contributed by atoms with Gasteiger partial charge in [0.1, 0.15) is 5.82 Å². The van der Waals surface area contributed by atoms with Crippen molar-refractivity contribution in [3.05, 3.63) is 41.5 Å². The van der Waals surface area contributed by atoms with Gasteiger partial charge in [0, 0.05) is 67.6 Å². The number of allylic oxidation sites excluding steroid dienone is 2. The number of aliphatic imine (C=N–C) groups is 1. The topological polar surface area (TPSA) is 78.8 Å². The average Bonchev–Trinajstić information content (AvgIpc) is 3.34. The highest BCUT2D eigenvalue weighted by Crippen LogP contribution is 2.54. The number of anilines is 3. The monoisotopic (exact) mass is 499 g/mol. The molecule has 2 aromatic heterocycles. The molecule has 0 atom stereocenters. The van der Waals surface area contributed by atoms with Gasteiger partial charge in [0.05, 0.1) is 36.5 Å². The summed E-state index contributed by atoms with van der Waals surface area (Å²) < 4.78 is 5.52. The van der Waals surface area contributed by atoms with Crippen LogP contribution in [0, 0.1) is 5.41 Å². The first-order chi connectivity index (χ1) is 18.3. The summed E-state index contributed by atoms with van der Waals surface area (Å²) >= 11 is 0. The zero-order chi connectivity index (χ0) is 24.7. The molecule has 8 heteroatoms. The van der Waals surface area contributed by atoms with Crippen molar-refractivity contribution in [2.75, 3.05) is 49.6 Å². The van der Waals surface area contributed by atoms with E-state index in [2.05, 4.69) is 38.4 Å². The van der Waals surface area contributed by atoms with E-state index in [0.29, 0.717) is 12.0 Å². The third-order valence-electron chi connectivity index (χ3n) is 9.20. The molecule has 7 rings (SSSR count). The number of nitrogens with zero attached hydrogens (tertiary/aromatic N) is 6. The van der Waals surface area contributed by atoms with Gasteiger partial charge in [0.25, 0.3) is 0 Å². The van der Waals surface area contributed by atoms with E-state index in [1.165, 1.54) is 67.5 Å². The number of hydrogen-bond acceptors (Lipinski definition) is 8.